The first-order chi connectivity index (χ1) is 17.6. The van der Waals surface area contributed by atoms with Crippen molar-refractivity contribution < 1.29 is 24.1 Å². The maximum absolute atomic E-state index is 13.6. The fourth-order valence-corrected chi connectivity index (χ4v) is 4.74. The third kappa shape index (κ3) is 4.33. The van der Waals surface area contributed by atoms with Gasteiger partial charge in [-0.3, -0.25) is 4.90 Å². The number of hydrogen-bond acceptors (Lipinski definition) is 5. The second-order valence-electron chi connectivity index (χ2n) is 8.56. The van der Waals surface area contributed by atoms with Crippen molar-refractivity contribution in [2.45, 2.75) is 12.5 Å². The molecule has 4 aromatic rings. The van der Waals surface area contributed by atoms with Crippen LogP contribution in [0.4, 0.5) is 10.5 Å². The minimum absolute atomic E-state index is 0.0638. The number of ether oxygens (including phenoxy) is 3. The number of phenols is 1. The molecule has 0 saturated carbocycles. The van der Waals surface area contributed by atoms with E-state index < -0.39 is 6.09 Å². The van der Waals surface area contributed by atoms with E-state index in [1.54, 1.807) is 43.5 Å². The van der Waals surface area contributed by atoms with Gasteiger partial charge in [-0.05, 0) is 40.5 Å². The van der Waals surface area contributed by atoms with Gasteiger partial charge in [0.05, 0.1) is 26.5 Å². The molecule has 4 aromatic carbocycles. The Labute approximate surface area is 210 Å². The lowest BCUT2D eigenvalue weighted by molar-refractivity contribution is 0.149. The molecule has 1 amide bonds. The zero-order valence-electron chi connectivity index (χ0n) is 20.2. The topological polar surface area (TPSA) is 68.2 Å². The van der Waals surface area contributed by atoms with Gasteiger partial charge in [0.25, 0.3) is 0 Å². The fraction of sp³-hybridized carbons (Fsp3) is 0.167. The van der Waals surface area contributed by atoms with Crippen molar-refractivity contribution in [3.05, 3.63) is 108 Å². The van der Waals surface area contributed by atoms with Crippen molar-refractivity contribution in [2.24, 2.45) is 0 Å². The Morgan fingerprint density at radius 3 is 2.11 bits per heavy atom. The highest BCUT2D eigenvalue weighted by Gasteiger charge is 2.30. The Balaban J connectivity index is 1.46. The molecule has 0 saturated heterocycles. The van der Waals surface area contributed by atoms with Crippen LogP contribution >= 0.6 is 0 Å². The number of para-hydroxylation sites is 1. The van der Waals surface area contributed by atoms with E-state index in [-0.39, 0.29) is 24.8 Å². The minimum Gasteiger partial charge on any atom is -0.508 e. The van der Waals surface area contributed by atoms with Crippen molar-refractivity contribution in [3.8, 4) is 28.4 Å². The number of methoxy groups -OCH3 is 2. The molecule has 36 heavy (non-hydrogen) atoms. The fourth-order valence-electron chi connectivity index (χ4n) is 4.74. The summed E-state index contributed by atoms with van der Waals surface area (Å²) in [5.41, 5.74) is 5.71. The van der Waals surface area contributed by atoms with E-state index in [1.165, 1.54) is 12.0 Å². The van der Waals surface area contributed by atoms with Crippen LogP contribution in [0.1, 0.15) is 22.6 Å². The van der Waals surface area contributed by atoms with E-state index in [0.717, 1.165) is 22.3 Å². The highest BCUT2D eigenvalue weighted by molar-refractivity contribution is 5.90. The number of carbonyl (C=O) groups excluding carboxylic acids is 1. The van der Waals surface area contributed by atoms with Crippen LogP contribution in [0, 0.1) is 0 Å². The maximum atomic E-state index is 13.6. The standard InChI is InChI=1S/C30H27NO5/c1-34-21-15-16-27(29(17-21)35-2)31(18-20-9-3-8-14-28(20)32)30(33)36-19-26-24-12-6-4-10-22(24)23-11-5-7-13-25(23)26/h3-17,26,32H,18-19H2,1-2H3. The van der Waals surface area contributed by atoms with Crippen LogP contribution in [0.15, 0.2) is 91.0 Å². The van der Waals surface area contributed by atoms with Crippen molar-refractivity contribution in [1.29, 1.82) is 0 Å². The number of aromatic hydroxyl groups is 1. The van der Waals surface area contributed by atoms with Crippen LogP contribution < -0.4 is 14.4 Å². The zero-order chi connectivity index (χ0) is 25.1. The van der Waals surface area contributed by atoms with E-state index in [9.17, 15) is 9.90 Å². The third-order valence-electron chi connectivity index (χ3n) is 6.55. The van der Waals surface area contributed by atoms with Gasteiger partial charge < -0.3 is 19.3 Å². The monoisotopic (exact) mass is 481 g/mol. The first-order valence-corrected chi connectivity index (χ1v) is 11.7. The predicted molar refractivity (Wildman–Crippen MR) is 139 cm³/mol. The van der Waals surface area contributed by atoms with Gasteiger partial charge in [-0.15, -0.1) is 0 Å². The van der Waals surface area contributed by atoms with Gasteiger partial charge in [0.2, 0.25) is 0 Å². The first-order valence-electron chi connectivity index (χ1n) is 11.7. The molecule has 1 N–H and O–H groups in total. The van der Waals surface area contributed by atoms with Gasteiger partial charge >= 0.3 is 6.09 Å². The average molecular weight is 482 g/mol. The van der Waals surface area contributed by atoms with Gasteiger partial charge in [-0.2, -0.15) is 0 Å². The molecular weight excluding hydrogens is 454 g/mol. The van der Waals surface area contributed by atoms with Crippen molar-refractivity contribution in [3.63, 3.8) is 0 Å². The molecule has 6 heteroatoms. The average Bonchev–Trinajstić information content (AvgIpc) is 3.24. The number of amides is 1. The number of carbonyl (C=O) groups is 1. The number of hydrogen-bond donors (Lipinski definition) is 1. The van der Waals surface area contributed by atoms with E-state index >= 15 is 0 Å². The van der Waals surface area contributed by atoms with E-state index in [0.29, 0.717) is 22.7 Å². The number of nitrogens with zero attached hydrogens (tertiary/aromatic N) is 1. The normalized spacial score (nSPS) is 11.9. The number of rotatable bonds is 7. The van der Waals surface area contributed by atoms with Crippen molar-refractivity contribution in [1.82, 2.24) is 0 Å². The van der Waals surface area contributed by atoms with Crippen LogP contribution in [0.25, 0.3) is 11.1 Å². The van der Waals surface area contributed by atoms with Crippen LogP contribution in [0.2, 0.25) is 0 Å². The molecular formula is C30H27NO5. The summed E-state index contributed by atoms with van der Waals surface area (Å²) in [5, 5.41) is 10.4. The molecule has 1 aliphatic carbocycles. The summed E-state index contributed by atoms with van der Waals surface area (Å²) in [7, 11) is 3.11. The molecule has 6 nitrogen and oxygen atoms in total. The molecule has 182 valence electrons. The number of benzene rings is 4. The Morgan fingerprint density at radius 1 is 0.833 bits per heavy atom. The Morgan fingerprint density at radius 2 is 1.47 bits per heavy atom. The maximum Gasteiger partial charge on any atom is 0.414 e. The van der Waals surface area contributed by atoms with Gasteiger partial charge in [-0.25, -0.2) is 4.79 Å². The zero-order valence-corrected chi connectivity index (χ0v) is 20.2. The highest BCUT2D eigenvalue weighted by atomic mass is 16.6. The molecule has 0 aromatic heterocycles. The Bertz CT molecular complexity index is 1350. The summed E-state index contributed by atoms with van der Waals surface area (Å²) in [6.07, 6.45) is -0.538. The second kappa shape index (κ2) is 10.0. The molecule has 0 unspecified atom stereocenters. The summed E-state index contributed by atoms with van der Waals surface area (Å²) >= 11 is 0. The number of fused-ring (bicyclic) bond motifs is 3. The van der Waals surface area contributed by atoms with E-state index in [2.05, 4.69) is 24.3 Å². The molecule has 0 radical (unpaired) electrons. The van der Waals surface area contributed by atoms with Gasteiger partial charge in [-0.1, -0.05) is 66.7 Å². The quantitative estimate of drug-likeness (QED) is 0.332. The summed E-state index contributed by atoms with van der Waals surface area (Å²) in [4.78, 5) is 15.1. The Hall–Kier alpha value is -4.45. The van der Waals surface area contributed by atoms with Crippen LogP contribution in [-0.4, -0.2) is 32.0 Å². The molecule has 1 aliphatic rings. The third-order valence-corrected chi connectivity index (χ3v) is 6.55. The van der Waals surface area contributed by atoms with Crippen molar-refractivity contribution in [2.75, 3.05) is 25.7 Å². The number of anilines is 1. The molecule has 0 bridgehead atoms. The van der Waals surface area contributed by atoms with Gasteiger partial charge in [0, 0.05) is 17.5 Å². The van der Waals surface area contributed by atoms with Crippen molar-refractivity contribution >= 4 is 11.8 Å². The summed E-state index contributed by atoms with van der Waals surface area (Å²) in [5.74, 6) is 1.09. The first kappa shape index (κ1) is 23.3. The highest BCUT2D eigenvalue weighted by Crippen LogP contribution is 2.44. The molecule has 0 aliphatic heterocycles. The largest absolute Gasteiger partial charge is 0.508 e. The molecule has 0 spiro atoms. The van der Waals surface area contributed by atoms with Crippen LogP contribution in [0.5, 0.6) is 17.2 Å². The lowest BCUT2D eigenvalue weighted by atomic mass is 9.98. The minimum atomic E-state index is -0.538. The lowest BCUT2D eigenvalue weighted by Crippen LogP contribution is -2.32. The SMILES string of the molecule is COc1ccc(N(Cc2ccccc2O)C(=O)OCC2c3ccccc3-c3ccccc32)c(OC)c1. The second-order valence-corrected chi connectivity index (χ2v) is 8.56. The van der Waals surface area contributed by atoms with E-state index in [1.807, 2.05) is 30.3 Å². The van der Waals surface area contributed by atoms with Gasteiger partial charge in [0.15, 0.2) is 0 Å². The molecule has 0 heterocycles. The summed E-state index contributed by atoms with van der Waals surface area (Å²) in [6.45, 7) is 0.286. The lowest BCUT2D eigenvalue weighted by Gasteiger charge is -2.26. The van der Waals surface area contributed by atoms with Crippen LogP contribution in [-0.2, 0) is 11.3 Å². The number of phenolic OH excluding ortho intramolecular Hbond substituents is 1. The van der Waals surface area contributed by atoms with E-state index in [4.69, 9.17) is 14.2 Å². The van der Waals surface area contributed by atoms with Gasteiger partial charge in [0.1, 0.15) is 23.9 Å². The predicted octanol–water partition coefficient (Wildman–Crippen LogP) is 6.37. The molecule has 0 fully saturated rings. The molecule has 0 atom stereocenters. The molecule has 5 rings (SSSR count). The smallest absolute Gasteiger partial charge is 0.414 e. The summed E-state index contributed by atoms with van der Waals surface area (Å²) < 4.78 is 16.8. The summed E-state index contributed by atoms with van der Waals surface area (Å²) in [6, 6.07) is 28.6. The Kier molecular flexibility index (Phi) is 6.50. The van der Waals surface area contributed by atoms with Crippen LogP contribution in [0.3, 0.4) is 0 Å².